The molecule has 4 aliphatic rings. The average Bonchev–Trinajstić information content (AvgIpc) is 3.17. The number of hydrogen-bond donors (Lipinski definition) is 6. The van der Waals surface area contributed by atoms with Crippen molar-refractivity contribution in [3.63, 3.8) is 0 Å². The van der Waals surface area contributed by atoms with Gasteiger partial charge in [0.05, 0.1) is 25.0 Å². The largest absolute Gasteiger partial charge is 0.348 e. The highest BCUT2D eigenvalue weighted by atomic mass is 19.1. The third-order valence-corrected chi connectivity index (χ3v) is 5.61. The van der Waals surface area contributed by atoms with E-state index in [0.717, 1.165) is 0 Å². The molecule has 0 aromatic carbocycles. The minimum atomic E-state index is -0.672. The molecule has 0 spiro atoms. The zero-order chi connectivity index (χ0) is 19.1. The molecule has 0 aromatic rings. The molecule has 0 aromatic heterocycles. The van der Waals surface area contributed by atoms with Crippen LogP contribution < -0.4 is 32.4 Å². The number of nitrogens with two attached hydrogens (primary N) is 1. The van der Waals surface area contributed by atoms with Crippen molar-refractivity contribution in [1.29, 1.82) is 0 Å². The smallest absolute Gasteiger partial charge is 0.230 e. The molecule has 0 saturated carbocycles. The van der Waals surface area contributed by atoms with E-state index >= 15 is 0 Å². The van der Waals surface area contributed by atoms with Crippen LogP contribution in [-0.2, 0) is 4.79 Å². The van der Waals surface area contributed by atoms with Crippen molar-refractivity contribution in [3.8, 4) is 0 Å². The molecule has 9 nitrogen and oxygen atoms in total. The Labute approximate surface area is 156 Å². The number of hydrogen-bond acceptors (Lipinski definition) is 8. The van der Waals surface area contributed by atoms with Crippen LogP contribution in [0.1, 0.15) is 0 Å². The highest BCUT2D eigenvalue weighted by Gasteiger charge is 2.46. The number of carbonyl (C=O) groups excluding carboxylic acids is 1. The van der Waals surface area contributed by atoms with Gasteiger partial charge in [0.15, 0.2) is 0 Å². The van der Waals surface area contributed by atoms with Gasteiger partial charge in [-0.2, -0.15) is 0 Å². The molecule has 4 aliphatic heterocycles. The third-order valence-electron chi connectivity index (χ3n) is 5.61. The second kappa shape index (κ2) is 7.41. The summed E-state index contributed by atoms with van der Waals surface area (Å²) in [6.45, 7) is 1.97. The Balaban J connectivity index is 1.51. The van der Waals surface area contributed by atoms with E-state index in [0.29, 0.717) is 25.3 Å². The van der Waals surface area contributed by atoms with Gasteiger partial charge in [-0.15, -0.1) is 0 Å². The second-order valence-electron chi connectivity index (χ2n) is 7.43. The first-order valence-corrected chi connectivity index (χ1v) is 9.16. The standard InChI is InChI=1S/C16H26F2N8O/c1-25-7-21-5-11(25)12-9(18)3-20-4-10(12)23-16(27)13-14(19)24-26-6-8(17)2-22-15(13)26/h6,10-11,13-15,20-22,24H,2-5,7,19H2,1H3,(H,23,27). The maximum atomic E-state index is 14.6. The van der Waals surface area contributed by atoms with Crippen LogP contribution in [0.25, 0.3) is 0 Å². The molecular weight excluding hydrogens is 358 g/mol. The van der Waals surface area contributed by atoms with Gasteiger partial charge < -0.3 is 21.7 Å². The molecule has 5 atom stereocenters. The second-order valence-corrected chi connectivity index (χ2v) is 7.43. The van der Waals surface area contributed by atoms with Crippen molar-refractivity contribution < 1.29 is 13.6 Å². The lowest BCUT2D eigenvalue weighted by molar-refractivity contribution is -0.126. The van der Waals surface area contributed by atoms with E-state index in [1.165, 1.54) is 11.2 Å². The lowest BCUT2D eigenvalue weighted by atomic mass is 9.93. The Hall–Kier alpha value is -1.63. The highest BCUT2D eigenvalue weighted by molar-refractivity contribution is 5.81. The zero-order valence-corrected chi connectivity index (χ0v) is 15.1. The molecule has 7 N–H and O–H groups in total. The molecule has 4 rings (SSSR count). The maximum Gasteiger partial charge on any atom is 0.230 e. The number of hydrazine groups is 1. The summed E-state index contributed by atoms with van der Waals surface area (Å²) in [4.78, 5) is 15.0. The number of likely N-dealkylation sites (N-methyl/N-ethyl adjacent to an activating group) is 1. The molecule has 150 valence electrons. The molecule has 2 saturated heterocycles. The molecule has 5 unspecified atom stereocenters. The molecule has 0 aliphatic carbocycles. The van der Waals surface area contributed by atoms with E-state index in [1.807, 2.05) is 11.9 Å². The molecule has 0 bridgehead atoms. The van der Waals surface area contributed by atoms with Crippen molar-refractivity contribution >= 4 is 5.91 Å². The Kier molecular flexibility index (Phi) is 5.14. The molecular formula is C16H26F2N8O. The van der Waals surface area contributed by atoms with Gasteiger partial charge in [-0.3, -0.25) is 20.0 Å². The number of amides is 1. The number of halogens is 2. The third kappa shape index (κ3) is 3.46. The molecule has 11 heteroatoms. The number of nitrogens with one attached hydrogen (secondary N) is 5. The molecule has 2 fully saturated rings. The van der Waals surface area contributed by atoms with Crippen LogP contribution in [0.2, 0.25) is 0 Å². The SMILES string of the molecule is CN1CNCC1C1=C(F)CNCC1NC(=O)C1C(N)NN2C=C(F)CNC12. The summed E-state index contributed by atoms with van der Waals surface area (Å²) in [5, 5.41) is 13.6. The highest BCUT2D eigenvalue weighted by Crippen LogP contribution is 2.26. The zero-order valence-electron chi connectivity index (χ0n) is 15.1. The van der Waals surface area contributed by atoms with Gasteiger partial charge in [-0.25, -0.2) is 14.2 Å². The van der Waals surface area contributed by atoms with Crippen LogP contribution in [0.15, 0.2) is 23.4 Å². The number of rotatable bonds is 3. The van der Waals surface area contributed by atoms with Crippen LogP contribution in [0, 0.1) is 5.92 Å². The molecule has 27 heavy (non-hydrogen) atoms. The lowest BCUT2D eigenvalue weighted by Gasteiger charge is -2.34. The van der Waals surface area contributed by atoms with E-state index < -0.39 is 24.3 Å². The summed E-state index contributed by atoms with van der Waals surface area (Å²) < 4.78 is 28.1. The first-order chi connectivity index (χ1) is 13.0. The van der Waals surface area contributed by atoms with Crippen LogP contribution in [-0.4, -0.2) is 80.1 Å². The van der Waals surface area contributed by atoms with Gasteiger partial charge in [0.25, 0.3) is 0 Å². The van der Waals surface area contributed by atoms with E-state index in [9.17, 15) is 13.6 Å². The van der Waals surface area contributed by atoms with Gasteiger partial charge in [-0.05, 0) is 7.05 Å². The van der Waals surface area contributed by atoms with Gasteiger partial charge in [0, 0.05) is 37.9 Å². The minimum Gasteiger partial charge on any atom is -0.348 e. The molecule has 4 heterocycles. The predicted octanol–water partition coefficient (Wildman–Crippen LogP) is -2.38. The van der Waals surface area contributed by atoms with E-state index in [4.69, 9.17) is 5.73 Å². The van der Waals surface area contributed by atoms with Crippen LogP contribution in [0.3, 0.4) is 0 Å². The van der Waals surface area contributed by atoms with Gasteiger partial charge in [0.2, 0.25) is 5.91 Å². The quantitative estimate of drug-likeness (QED) is 0.320. The van der Waals surface area contributed by atoms with E-state index in [-0.39, 0.29) is 36.7 Å². The fourth-order valence-corrected chi connectivity index (χ4v) is 4.28. The summed E-state index contributed by atoms with van der Waals surface area (Å²) in [5.41, 5.74) is 9.56. The number of fused-ring (bicyclic) bond motifs is 1. The Bertz CT molecular complexity index is 671. The lowest BCUT2D eigenvalue weighted by Crippen LogP contribution is -2.57. The Morgan fingerprint density at radius 1 is 1.30 bits per heavy atom. The van der Waals surface area contributed by atoms with Crippen molar-refractivity contribution in [2.45, 2.75) is 24.4 Å². The first-order valence-electron chi connectivity index (χ1n) is 9.16. The van der Waals surface area contributed by atoms with Gasteiger partial charge in [-0.1, -0.05) is 0 Å². The van der Waals surface area contributed by atoms with Crippen molar-refractivity contribution in [2.75, 3.05) is 39.9 Å². The summed E-state index contributed by atoms with van der Waals surface area (Å²) in [6.07, 6.45) is 0.180. The van der Waals surface area contributed by atoms with Crippen molar-refractivity contribution in [3.05, 3.63) is 23.4 Å². The van der Waals surface area contributed by atoms with E-state index in [2.05, 4.69) is 26.7 Å². The van der Waals surface area contributed by atoms with Gasteiger partial charge >= 0.3 is 0 Å². The number of nitrogens with zero attached hydrogens (tertiary/aromatic N) is 2. The Morgan fingerprint density at radius 2 is 2.11 bits per heavy atom. The Morgan fingerprint density at radius 3 is 2.85 bits per heavy atom. The monoisotopic (exact) mass is 384 g/mol. The van der Waals surface area contributed by atoms with E-state index in [1.54, 1.807) is 0 Å². The van der Waals surface area contributed by atoms with Crippen LogP contribution in [0.4, 0.5) is 8.78 Å². The topological polar surface area (TPSA) is 110 Å². The number of carbonyl (C=O) groups is 1. The minimum absolute atomic E-state index is 0.0443. The average molecular weight is 384 g/mol. The normalized spacial score (nSPS) is 37.4. The fraction of sp³-hybridized carbons (Fsp3) is 0.688. The van der Waals surface area contributed by atoms with Crippen molar-refractivity contribution in [2.24, 2.45) is 11.7 Å². The summed E-state index contributed by atoms with van der Waals surface area (Å²) in [7, 11) is 1.92. The predicted molar refractivity (Wildman–Crippen MR) is 94.8 cm³/mol. The fourth-order valence-electron chi connectivity index (χ4n) is 4.28. The molecule has 0 radical (unpaired) electrons. The first kappa shape index (κ1) is 18.7. The van der Waals surface area contributed by atoms with Crippen molar-refractivity contribution in [1.82, 2.24) is 36.6 Å². The van der Waals surface area contributed by atoms with Crippen LogP contribution >= 0.6 is 0 Å². The van der Waals surface area contributed by atoms with Crippen LogP contribution in [0.5, 0.6) is 0 Å². The summed E-state index contributed by atoms with van der Waals surface area (Å²) >= 11 is 0. The maximum absolute atomic E-state index is 14.6. The summed E-state index contributed by atoms with van der Waals surface area (Å²) in [5.74, 6) is -1.51. The van der Waals surface area contributed by atoms with Gasteiger partial charge in [0.1, 0.15) is 23.7 Å². The summed E-state index contributed by atoms with van der Waals surface area (Å²) in [6, 6.07) is -0.565. The molecule has 1 amide bonds.